The zero-order chi connectivity index (χ0) is 37.9. The first kappa shape index (κ1) is 33.7. The highest BCUT2D eigenvalue weighted by Gasteiger charge is 2.21. The van der Waals surface area contributed by atoms with Crippen LogP contribution in [0.25, 0.3) is 108 Å². The smallest absolute Gasteiger partial charge is 0.164 e. The van der Waals surface area contributed by atoms with Gasteiger partial charge in [0.1, 0.15) is 0 Å². The third-order valence-electron chi connectivity index (χ3n) is 10.3. The fraction of sp³-hybridized carbons (Fsp3) is 0. The summed E-state index contributed by atoms with van der Waals surface area (Å²) in [5.41, 5.74) is 8.78. The number of benzene rings is 7. The fourth-order valence-electron chi connectivity index (χ4n) is 7.63. The molecule has 0 atom stereocenters. The number of aromatic nitrogens is 5. The monoisotopic (exact) mass is 783 g/mol. The summed E-state index contributed by atoms with van der Waals surface area (Å²) in [6.45, 7) is 0. The fourth-order valence-corrected chi connectivity index (χ4v) is 10.3. The lowest BCUT2D eigenvalue weighted by molar-refractivity contribution is 1.07. The Morgan fingerprint density at radius 3 is 1.79 bits per heavy atom. The molecule has 11 aromatic rings. The van der Waals surface area contributed by atoms with Crippen LogP contribution in [-0.2, 0) is 0 Å². The highest BCUT2D eigenvalue weighted by molar-refractivity contribution is 7.80. The average molecular weight is 784 g/mol. The average Bonchev–Trinajstić information content (AvgIpc) is 3.85. The van der Waals surface area contributed by atoms with Crippen molar-refractivity contribution in [2.24, 2.45) is 0 Å². The Hall–Kier alpha value is -6.58. The minimum Gasteiger partial charge on any atom is -0.226 e. The molecular weight excluding hydrogens is 755 g/mol. The van der Waals surface area contributed by atoms with E-state index < -0.39 is 0 Å². The Morgan fingerprint density at radius 2 is 1.00 bits per heavy atom. The molecule has 0 aliphatic carbocycles. The molecule has 57 heavy (non-hydrogen) atoms. The number of fused-ring (bicyclic) bond motifs is 6. The molecule has 0 unspecified atom stereocenters. The number of rotatable bonds is 6. The Morgan fingerprint density at radius 1 is 0.386 bits per heavy atom. The van der Waals surface area contributed by atoms with Crippen LogP contribution in [0.3, 0.4) is 0 Å². The predicted octanol–water partition coefficient (Wildman–Crippen LogP) is 13.7. The third-order valence-corrected chi connectivity index (χ3v) is 12.9. The van der Waals surface area contributed by atoms with Gasteiger partial charge in [-0.15, -0.1) is 35.3 Å². The quantitative estimate of drug-likeness (QED) is 0.170. The maximum Gasteiger partial charge on any atom is 0.164 e. The lowest BCUT2D eigenvalue weighted by Gasteiger charge is -2.14. The van der Waals surface area contributed by atoms with Crippen LogP contribution in [0.2, 0.25) is 0 Å². The topological polar surface area (TPSA) is 64.5 Å². The van der Waals surface area contributed by atoms with Gasteiger partial charge in [-0.3, -0.25) is 0 Å². The Kier molecular flexibility index (Phi) is 8.20. The lowest BCUT2D eigenvalue weighted by Crippen LogP contribution is -2.01. The van der Waals surface area contributed by atoms with Crippen molar-refractivity contribution in [3.8, 4) is 67.9 Å². The molecule has 4 heterocycles. The van der Waals surface area contributed by atoms with E-state index in [0.29, 0.717) is 17.5 Å². The van der Waals surface area contributed by atoms with Crippen LogP contribution < -0.4 is 0 Å². The number of hydrogen-bond acceptors (Lipinski definition) is 8. The molecule has 0 saturated carbocycles. The van der Waals surface area contributed by atoms with Crippen LogP contribution in [0.4, 0.5) is 0 Å². The van der Waals surface area contributed by atoms with Gasteiger partial charge in [-0.1, -0.05) is 146 Å². The highest BCUT2D eigenvalue weighted by Crippen LogP contribution is 2.44. The van der Waals surface area contributed by atoms with E-state index in [4.69, 9.17) is 37.5 Å². The molecule has 0 amide bonds. The van der Waals surface area contributed by atoms with Crippen molar-refractivity contribution < 1.29 is 0 Å². The molecule has 0 fully saturated rings. The summed E-state index contributed by atoms with van der Waals surface area (Å²) >= 11 is 8.40. The second-order valence-corrected chi connectivity index (χ2v) is 16.4. The highest BCUT2D eigenvalue weighted by atomic mass is 32.1. The van der Waals surface area contributed by atoms with Crippen molar-refractivity contribution in [3.05, 3.63) is 170 Å². The maximum absolute atomic E-state index is 5.32. The first-order chi connectivity index (χ1) is 28.2. The van der Waals surface area contributed by atoms with Crippen LogP contribution in [0.1, 0.15) is 0 Å². The van der Waals surface area contributed by atoms with Crippen LogP contribution in [0.5, 0.6) is 0 Å². The first-order valence-corrected chi connectivity index (χ1v) is 20.6. The van der Waals surface area contributed by atoms with Gasteiger partial charge in [-0.05, 0) is 29.8 Å². The molecule has 8 heteroatoms. The van der Waals surface area contributed by atoms with Gasteiger partial charge < -0.3 is 0 Å². The van der Waals surface area contributed by atoms with Gasteiger partial charge in [-0.25, -0.2) is 24.9 Å². The van der Waals surface area contributed by atoms with E-state index in [0.717, 1.165) is 86.4 Å². The summed E-state index contributed by atoms with van der Waals surface area (Å²) in [6.07, 6.45) is 0. The molecule has 0 bridgehead atoms. The van der Waals surface area contributed by atoms with Gasteiger partial charge in [0.15, 0.2) is 23.3 Å². The van der Waals surface area contributed by atoms with Crippen molar-refractivity contribution in [2.75, 3.05) is 0 Å². The SMILES string of the molecule is Sc1cccc(-c2nc(-c3ccccc3)nc(-c3ccc4c(c3)sc3cccc(-c5nc(-c6ccccc6)c6sc7ccccc7c6n5)c34)n2)c1-c1ccccc1. The predicted molar refractivity (Wildman–Crippen MR) is 241 cm³/mol. The summed E-state index contributed by atoms with van der Waals surface area (Å²) in [7, 11) is 0. The molecule has 0 saturated heterocycles. The Bertz CT molecular complexity index is 3310. The molecule has 7 aromatic carbocycles. The number of thiophene rings is 2. The Balaban J connectivity index is 1.09. The number of thiol groups is 1. The normalized spacial score (nSPS) is 11.6. The van der Waals surface area contributed by atoms with E-state index in [1.165, 1.54) is 9.40 Å². The van der Waals surface area contributed by atoms with E-state index in [9.17, 15) is 0 Å². The van der Waals surface area contributed by atoms with E-state index in [2.05, 4.69) is 103 Å². The van der Waals surface area contributed by atoms with E-state index in [1.54, 1.807) is 22.7 Å². The maximum atomic E-state index is 5.32. The van der Waals surface area contributed by atoms with Gasteiger partial charge in [0.05, 0.1) is 15.9 Å². The minimum atomic E-state index is 0.593. The van der Waals surface area contributed by atoms with Gasteiger partial charge in [0.25, 0.3) is 0 Å². The van der Waals surface area contributed by atoms with Crippen LogP contribution in [0, 0.1) is 0 Å². The second kappa shape index (κ2) is 13.9. The summed E-state index contributed by atoms with van der Waals surface area (Å²) in [5.74, 6) is 2.53. The zero-order valence-corrected chi connectivity index (χ0v) is 32.7. The summed E-state index contributed by atoms with van der Waals surface area (Å²) in [6, 6.07) is 58.4. The minimum absolute atomic E-state index is 0.593. The van der Waals surface area contributed by atoms with Crippen molar-refractivity contribution in [3.63, 3.8) is 0 Å². The second-order valence-electron chi connectivity index (χ2n) is 13.8. The van der Waals surface area contributed by atoms with Gasteiger partial charge >= 0.3 is 0 Å². The van der Waals surface area contributed by atoms with Gasteiger partial charge in [0, 0.05) is 68.5 Å². The van der Waals surface area contributed by atoms with Crippen molar-refractivity contribution in [2.45, 2.75) is 4.90 Å². The molecule has 0 aliphatic rings. The molecule has 0 N–H and O–H groups in total. The molecule has 268 valence electrons. The molecule has 4 aromatic heterocycles. The van der Waals surface area contributed by atoms with E-state index in [1.807, 2.05) is 66.7 Å². The largest absolute Gasteiger partial charge is 0.226 e. The van der Waals surface area contributed by atoms with E-state index in [-0.39, 0.29) is 0 Å². The Labute approximate surface area is 341 Å². The molecule has 0 spiro atoms. The summed E-state index contributed by atoms with van der Waals surface area (Å²) in [5, 5.41) is 3.43. The van der Waals surface area contributed by atoms with Gasteiger partial charge in [0.2, 0.25) is 0 Å². The first-order valence-electron chi connectivity index (χ1n) is 18.6. The lowest BCUT2D eigenvalue weighted by atomic mass is 9.99. The number of nitrogens with zero attached hydrogens (tertiary/aromatic N) is 5. The summed E-state index contributed by atoms with van der Waals surface area (Å²) < 4.78 is 4.60. The zero-order valence-electron chi connectivity index (χ0n) is 30.2. The summed E-state index contributed by atoms with van der Waals surface area (Å²) in [4.78, 5) is 26.8. The van der Waals surface area contributed by atoms with E-state index >= 15 is 0 Å². The van der Waals surface area contributed by atoms with Crippen LogP contribution >= 0.6 is 35.3 Å². The van der Waals surface area contributed by atoms with Crippen molar-refractivity contribution in [1.29, 1.82) is 0 Å². The third kappa shape index (κ3) is 5.88. The van der Waals surface area contributed by atoms with Gasteiger partial charge in [-0.2, -0.15) is 0 Å². The molecule has 0 aliphatic heterocycles. The van der Waals surface area contributed by atoms with Crippen LogP contribution in [0.15, 0.2) is 175 Å². The standard InChI is InChI=1S/C49H29N5S3/c55-37-23-12-21-35(41(37)29-14-4-1-5-15-29)49-53-46(31-18-8-3-9-19-31)52-47(54-49)32-26-27-33-40(28-32)56-39-25-13-22-36(42(33)39)48-50-43(30-16-6-2-7-17-30)45-44(51-48)34-20-10-11-24-38(34)57-45/h1-28,55H. The van der Waals surface area contributed by atoms with Crippen molar-refractivity contribution in [1.82, 2.24) is 24.9 Å². The molecule has 11 rings (SSSR count). The van der Waals surface area contributed by atoms with Crippen LogP contribution in [-0.4, -0.2) is 24.9 Å². The van der Waals surface area contributed by atoms with Crippen molar-refractivity contribution >= 4 is 75.8 Å². The molecule has 5 nitrogen and oxygen atoms in total. The number of hydrogen-bond donors (Lipinski definition) is 1. The molecule has 0 radical (unpaired) electrons. The molecular formula is C49H29N5S3.